The molecule has 0 aliphatic heterocycles. The standard InChI is InChI=1S/C10H12O2.C2H6/c11-7-4-8-12-9-10-5-2-1-3-6-10;1-2/h1-3,5-7H,4,8-9H2;1-2H3. The highest BCUT2D eigenvalue weighted by atomic mass is 16.5. The molecule has 2 heteroatoms. The predicted octanol–water partition coefficient (Wildman–Crippen LogP) is 2.82. The van der Waals surface area contributed by atoms with Crippen LogP contribution in [0.4, 0.5) is 0 Å². The van der Waals surface area contributed by atoms with Gasteiger partial charge >= 0.3 is 0 Å². The molecule has 0 unspecified atom stereocenters. The molecule has 0 heterocycles. The van der Waals surface area contributed by atoms with Crippen LogP contribution in [0.1, 0.15) is 25.8 Å². The quantitative estimate of drug-likeness (QED) is 0.532. The van der Waals surface area contributed by atoms with Gasteiger partial charge in [0.05, 0.1) is 13.2 Å². The number of rotatable bonds is 5. The normalized spacial score (nSPS) is 8.71. The first kappa shape index (κ1) is 12.8. The summed E-state index contributed by atoms with van der Waals surface area (Å²) in [5, 5.41) is 0. The molecular formula is C12H18O2. The maximum absolute atomic E-state index is 9.94. The molecule has 0 saturated heterocycles. The van der Waals surface area contributed by atoms with Crippen LogP contribution in [0.25, 0.3) is 0 Å². The SMILES string of the molecule is CC.O=CCCOCc1ccccc1. The summed E-state index contributed by atoms with van der Waals surface area (Å²) in [5.41, 5.74) is 1.14. The third kappa shape index (κ3) is 6.38. The second-order valence-corrected chi connectivity index (χ2v) is 2.49. The Labute approximate surface area is 85.9 Å². The highest BCUT2D eigenvalue weighted by Gasteiger charge is 1.89. The van der Waals surface area contributed by atoms with Crippen molar-refractivity contribution >= 4 is 6.29 Å². The molecule has 1 aromatic rings. The van der Waals surface area contributed by atoms with Gasteiger partial charge in [-0.3, -0.25) is 0 Å². The topological polar surface area (TPSA) is 26.3 Å². The third-order valence-corrected chi connectivity index (χ3v) is 1.49. The molecule has 78 valence electrons. The van der Waals surface area contributed by atoms with Gasteiger partial charge in [-0.15, -0.1) is 0 Å². The van der Waals surface area contributed by atoms with Crippen LogP contribution in [0.2, 0.25) is 0 Å². The summed E-state index contributed by atoms with van der Waals surface area (Å²) < 4.78 is 5.23. The van der Waals surface area contributed by atoms with Crippen molar-refractivity contribution in [3.05, 3.63) is 35.9 Å². The van der Waals surface area contributed by atoms with Gasteiger partial charge in [0.25, 0.3) is 0 Å². The fourth-order valence-electron chi connectivity index (χ4n) is 0.896. The summed E-state index contributed by atoms with van der Waals surface area (Å²) >= 11 is 0. The van der Waals surface area contributed by atoms with Gasteiger partial charge in [-0.05, 0) is 5.56 Å². The average Bonchev–Trinajstić information content (AvgIpc) is 2.29. The Hall–Kier alpha value is -1.15. The number of hydrogen-bond donors (Lipinski definition) is 0. The van der Waals surface area contributed by atoms with Crippen molar-refractivity contribution < 1.29 is 9.53 Å². The van der Waals surface area contributed by atoms with E-state index >= 15 is 0 Å². The lowest BCUT2D eigenvalue weighted by Crippen LogP contribution is -1.95. The van der Waals surface area contributed by atoms with Gasteiger partial charge in [0.1, 0.15) is 6.29 Å². The van der Waals surface area contributed by atoms with Crippen LogP contribution in [-0.2, 0) is 16.1 Å². The van der Waals surface area contributed by atoms with Crippen LogP contribution in [0, 0.1) is 0 Å². The zero-order valence-electron chi connectivity index (χ0n) is 8.90. The summed E-state index contributed by atoms with van der Waals surface area (Å²) in [7, 11) is 0. The molecule has 0 fully saturated rings. The molecule has 0 radical (unpaired) electrons. The molecule has 0 spiro atoms. The molecule has 0 atom stereocenters. The largest absolute Gasteiger partial charge is 0.376 e. The average molecular weight is 194 g/mol. The molecule has 0 aliphatic carbocycles. The van der Waals surface area contributed by atoms with Crippen molar-refractivity contribution in [1.29, 1.82) is 0 Å². The Balaban J connectivity index is 0.000000791. The lowest BCUT2D eigenvalue weighted by molar-refractivity contribution is -0.108. The van der Waals surface area contributed by atoms with Crippen molar-refractivity contribution in [2.24, 2.45) is 0 Å². The van der Waals surface area contributed by atoms with Crippen LogP contribution >= 0.6 is 0 Å². The molecular weight excluding hydrogens is 176 g/mol. The van der Waals surface area contributed by atoms with E-state index in [-0.39, 0.29) is 0 Å². The van der Waals surface area contributed by atoms with Gasteiger partial charge in [0, 0.05) is 6.42 Å². The first-order chi connectivity index (χ1) is 6.93. The molecule has 2 nitrogen and oxygen atoms in total. The molecule has 14 heavy (non-hydrogen) atoms. The molecule has 1 aromatic carbocycles. The minimum atomic E-state index is 0.479. The number of ether oxygens (including phenoxy) is 1. The van der Waals surface area contributed by atoms with E-state index < -0.39 is 0 Å². The minimum absolute atomic E-state index is 0.479. The maximum atomic E-state index is 9.94. The minimum Gasteiger partial charge on any atom is -0.376 e. The molecule has 0 saturated carbocycles. The van der Waals surface area contributed by atoms with Crippen molar-refractivity contribution in [3.8, 4) is 0 Å². The highest BCUT2D eigenvalue weighted by Crippen LogP contribution is 1.99. The smallest absolute Gasteiger partial charge is 0.122 e. The summed E-state index contributed by atoms with van der Waals surface area (Å²) in [6.45, 7) is 5.10. The molecule has 1 rings (SSSR count). The van der Waals surface area contributed by atoms with Crippen LogP contribution in [0.3, 0.4) is 0 Å². The van der Waals surface area contributed by atoms with E-state index in [0.29, 0.717) is 19.6 Å². The summed E-state index contributed by atoms with van der Waals surface area (Å²) in [4.78, 5) is 9.94. The fourth-order valence-corrected chi connectivity index (χ4v) is 0.896. The molecule has 0 bridgehead atoms. The van der Waals surface area contributed by atoms with Gasteiger partial charge < -0.3 is 9.53 Å². The first-order valence-electron chi connectivity index (χ1n) is 4.99. The second-order valence-electron chi connectivity index (χ2n) is 2.49. The van der Waals surface area contributed by atoms with Crippen molar-refractivity contribution in [2.75, 3.05) is 6.61 Å². The number of carbonyl (C=O) groups is 1. The van der Waals surface area contributed by atoms with Gasteiger partial charge in [-0.1, -0.05) is 44.2 Å². The zero-order valence-corrected chi connectivity index (χ0v) is 8.90. The Morgan fingerprint density at radius 1 is 1.21 bits per heavy atom. The van der Waals surface area contributed by atoms with E-state index in [9.17, 15) is 4.79 Å². The Kier molecular flexibility index (Phi) is 9.12. The zero-order chi connectivity index (χ0) is 10.6. The number of carbonyl (C=O) groups excluding carboxylic acids is 1. The van der Waals surface area contributed by atoms with Crippen molar-refractivity contribution in [3.63, 3.8) is 0 Å². The summed E-state index contributed by atoms with van der Waals surface area (Å²) in [5.74, 6) is 0. The molecule has 0 aromatic heterocycles. The molecule has 0 aliphatic rings. The Morgan fingerprint density at radius 2 is 1.86 bits per heavy atom. The molecule has 0 amide bonds. The Morgan fingerprint density at radius 3 is 2.43 bits per heavy atom. The number of aldehydes is 1. The van der Waals surface area contributed by atoms with Gasteiger partial charge in [-0.2, -0.15) is 0 Å². The fraction of sp³-hybridized carbons (Fsp3) is 0.417. The van der Waals surface area contributed by atoms with E-state index in [1.807, 2.05) is 44.2 Å². The van der Waals surface area contributed by atoms with E-state index in [2.05, 4.69) is 0 Å². The van der Waals surface area contributed by atoms with E-state index in [1.165, 1.54) is 0 Å². The molecule has 0 N–H and O–H groups in total. The lowest BCUT2D eigenvalue weighted by atomic mass is 10.2. The number of hydrogen-bond acceptors (Lipinski definition) is 2. The lowest BCUT2D eigenvalue weighted by Gasteiger charge is -2.00. The summed E-state index contributed by atoms with van der Waals surface area (Å²) in [6, 6.07) is 9.91. The maximum Gasteiger partial charge on any atom is 0.122 e. The van der Waals surface area contributed by atoms with Crippen LogP contribution < -0.4 is 0 Å². The Bertz CT molecular complexity index is 219. The van der Waals surface area contributed by atoms with Crippen LogP contribution in [0.15, 0.2) is 30.3 Å². The highest BCUT2D eigenvalue weighted by molar-refractivity contribution is 5.49. The monoisotopic (exact) mass is 194 g/mol. The van der Waals surface area contributed by atoms with E-state index in [1.54, 1.807) is 0 Å². The first-order valence-corrected chi connectivity index (χ1v) is 4.99. The van der Waals surface area contributed by atoms with E-state index in [0.717, 1.165) is 11.8 Å². The predicted molar refractivity (Wildman–Crippen MR) is 58.1 cm³/mol. The number of benzene rings is 1. The van der Waals surface area contributed by atoms with Gasteiger partial charge in [0.15, 0.2) is 0 Å². The van der Waals surface area contributed by atoms with Gasteiger partial charge in [-0.25, -0.2) is 0 Å². The van der Waals surface area contributed by atoms with Crippen LogP contribution in [-0.4, -0.2) is 12.9 Å². The third-order valence-electron chi connectivity index (χ3n) is 1.49. The van der Waals surface area contributed by atoms with Crippen molar-refractivity contribution in [2.45, 2.75) is 26.9 Å². The summed E-state index contributed by atoms with van der Waals surface area (Å²) in [6.07, 6.45) is 1.35. The van der Waals surface area contributed by atoms with Crippen molar-refractivity contribution in [1.82, 2.24) is 0 Å². The van der Waals surface area contributed by atoms with Gasteiger partial charge in [0.2, 0.25) is 0 Å². The van der Waals surface area contributed by atoms with E-state index in [4.69, 9.17) is 4.74 Å². The second kappa shape index (κ2) is 9.93. The van der Waals surface area contributed by atoms with Crippen LogP contribution in [0.5, 0.6) is 0 Å².